The summed E-state index contributed by atoms with van der Waals surface area (Å²) in [6.07, 6.45) is 7.44. The number of ether oxygens (including phenoxy) is 1. The Morgan fingerprint density at radius 2 is 2.13 bits per heavy atom. The SMILES string of the molecule is O=C(NC1CCN(C(=O)CC2CCCO2)CC1)c1cccnc1. The summed E-state index contributed by atoms with van der Waals surface area (Å²) in [5, 5.41) is 3.03. The van der Waals surface area contributed by atoms with Crippen molar-refractivity contribution in [2.75, 3.05) is 19.7 Å². The van der Waals surface area contributed by atoms with Crippen molar-refractivity contribution in [3.63, 3.8) is 0 Å². The van der Waals surface area contributed by atoms with E-state index in [0.29, 0.717) is 25.1 Å². The first-order valence-corrected chi connectivity index (χ1v) is 8.32. The predicted octanol–water partition coefficient (Wildman–Crippen LogP) is 1.37. The van der Waals surface area contributed by atoms with Crippen molar-refractivity contribution in [1.29, 1.82) is 0 Å². The van der Waals surface area contributed by atoms with Gasteiger partial charge in [-0.05, 0) is 37.8 Å². The van der Waals surface area contributed by atoms with Crippen LogP contribution in [0.15, 0.2) is 24.5 Å². The maximum Gasteiger partial charge on any atom is 0.253 e. The Hall–Kier alpha value is -1.95. The number of nitrogens with zero attached hydrogens (tertiary/aromatic N) is 2. The highest BCUT2D eigenvalue weighted by Crippen LogP contribution is 2.18. The fourth-order valence-corrected chi connectivity index (χ4v) is 3.17. The molecule has 1 N–H and O–H groups in total. The highest BCUT2D eigenvalue weighted by atomic mass is 16.5. The number of aromatic nitrogens is 1. The third kappa shape index (κ3) is 4.28. The quantitative estimate of drug-likeness (QED) is 0.910. The monoisotopic (exact) mass is 317 g/mol. The average molecular weight is 317 g/mol. The van der Waals surface area contributed by atoms with Crippen molar-refractivity contribution in [3.05, 3.63) is 30.1 Å². The van der Waals surface area contributed by atoms with Crippen LogP contribution in [0, 0.1) is 0 Å². The number of carbonyl (C=O) groups is 2. The Morgan fingerprint density at radius 3 is 2.78 bits per heavy atom. The van der Waals surface area contributed by atoms with E-state index in [1.54, 1.807) is 24.5 Å². The zero-order chi connectivity index (χ0) is 16.1. The minimum absolute atomic E-state index is 0.0952. The molecule has 3 rings (SSSR count). The third-order valence-corrected chi connectivity index (χ3v) is 4.53. The second kappa shape index (κ2) is 7.55. The van der Waals surface area contributed by atoms with E-state index < -0.39 is 0 Å². The molecule has 1 unspecified atom stereocenters. The van der Waals surface area contributed by atoms with Crippen LogP contribution in [0.3, 0.4) is 0 Å². The van der Waals surface area contributed by atoms with E-state index in [-0.39, 0.29) is 24.0 Å². The highest BCUT2D eigenvalue weighted by Gasteiger charge is 2.27. The van der Waals surface area contributed by atoms with Crippen LogP contribution in [0.5, 0.6) is 0 Å². The van der Waals surface area contributed by atoms with Gasteiger partial charge in [0, 0.05) is 38.1 Å². The summed E-state index contributed by atoms with van der Waals surface area (Å²) in [6, 6.07) is 3.62. The molecule has 124 valence electrons. The van der Waals surface area contributed by atoms with E-state index in [1.165, 1.54) is 0 Å². The number of pyridine rings is 1. The largest absolute Gasteiger partial charge is 0.378 e. The molecule has 0 bridgehead atoms. The molecule has 1 aromatic rings. The van der Waals surface area contributed by atoms with Gasteiger partial charge in [0.15, 0.2) is 0 Å². The molecule has 2 aliphatic heterocycles. The molecule has 2 aliphatic rings. The van der Waals surface area contributed by atoms with E-state index >= 15 is 0 Å². The lowest BCUT2D eigenvalue weighted by molar-refractivity contribution is -0.134. The summed E-state index contributed by atoms with van der Waals surface area (Å²) in [5.74, 6) is 0.0798. The highest BCUT2D eigenvalue weighted by molar-refractivity contribution is 5.94. The van der Waals surface area contributed by atoms with Crippen molar-refractivity contribution in [3.8, 4) is 0 Å². The van der Waals surface area contributed by atoms with E-state index in [0.717, 1.165) is 32.3 Å². The lowest BCUT2D eigenvalue weighted by Crippen LogP contribution is -2.47. The number of piperidine rings is 1. The Kier molecular flexibility index (Phi) is 5.23. The maximum absolute atomic E-state index is 12.3. The molecule has 6 nitrogen and oxygen atoms in total. The number of rotatable bonds is 4. The number of nitrogens with one attached hydrogen (secondary N) is 1. The number of likely N-dealkylation sites (tertiary alicyclic amines) is 1. The third-order valence-electron chi connectivity index (χ3n) is 4.53. The van der Waals surface area contributed by atoms with Gasteiger partial charge in [0.25, 0.3) is 5.91 Å². The fourth-order valence-electron chi connectivity index (χ4n) is 3.17. The fraction of sp³-hybridized carbons (Fsp3) is 0.588. The normalized spacial score (nSPS) is 22.1. The predicted molar refractivity (Wildman–Crippen MR) is 84.9 cm³/mol. The van der Waals surface area contributed by atoms with Gasteiger partial charge < -0.3 is 15.0 Å². The van der Waals surface area contributed by atoms with E-state index in [9.17, 15) is 9.59 Å². The molecule has 0 spiro atoms. The minimum atomic E-state index is -0.0952. The van der Waals surface area contributed by atoms with Crippen LogP contribution in [0.25, 0.3) is 0 Å². The summed E-state index contributed by atoms with van der Waals surface area (Å²) in [5.41, 5.74) is 0.574. The van der Waals surface area contributed by atoms with Crippen LogP contribution in [0.4, 0.5) is 0 Å². The number of hydrogen-bond donors (Lipinski definition) is 1. The average Bonchev–Trinajstić information content (AvgIpc) is 3.09. The minimum Gasteiger partial charge on any atom is -0.378 e. The summed E-state index contributed by atoms with van der Waals surface area (Å²) in [7, 11) is 0. The lowest BCUT2D eigenvalue weighted by atomic mass is 10.0. The second-order valence-electron chi connectivity index (χ2n) is 6.21. The molecule has 3 heterocycles. The molecule has 0 aromatic carbocycles. The lowest BCUT2D eigenvalue weighted by Gasteiger charge is -2.33. The van der Waals surface area contributed by atoms with Crippen LogP contribution in [0.2, 0.25) is 0 Å². The molecule has 2 saturated heterocycles. The van der Waals surface area contributed by atoms with Crippen molar-refractivity contribution >= 4 is 11.8 Å². The van der Waals surface area contributed by atoms with Gasteiger partial charge >= 0.3 is 0 Å². The molecule has 2 fully saturated rings. The van der Waals surface area contributed by atoms with Gasteiger partial charge in [-0.25, -0.2) is 0 Å². The Balaban J connectivity index is 1.43. The molecular weight excluding hydrogens is 294 g/mol. The van der Waals surface area contributed by atoms with Crippen LogP contribution in [-0.4, -0.2) is 53.5 Å². The molecule has 0 aliphatic carbocycles. The first kappa shape index (κ1) is 15.9. The molecule has 23 heavy (non-hydrogen) atoms. The van der Waals surface area contributed by atoms with Crippen LogP contribution >= 0.6 is 0 Å². The number of carbonyl (C=O) groups excluding carboxylic acids is 2. The molecule has 2 amide bonds. The maximum atomic E-state index is 12.3. The van der Waals surface area contributed by atoms with E-state index in [4.69, 9.17) is 4.74 Å². The first-order chi connectivity index (χ1) is 11.2. The van der Waals surface area contributed by atoms with Gasteiger partial charge in [-0.1, -0.05) is 0 Å². The van der Waals surface area contributed by atoms with Crippen molar-refractivity contribution in [2.24, 2.45) is 0 Å². The van der Waals surface area contributed by atoms with Crippen molar-refractivity contribution in [2.45, 2.75) is 44.2 Å². The van der Waals surface area contributed by atoms with Gasteiger partial charge in [-0.3, -0.25) is 14.6 Å². The summed E-state index contributed by atoms with van der Waals surface area (Å²) in [6.45, 7) is 2.17. The topological polar surface area (TPSA) is 71.5 Å². The van der Waals surface area contributed by atoms with Crippen LogP contribution < -0.4 is 5.32 Å². The zero-order valence-corrected chi connectivity index (χ0v) is 13.2. The zero-order valence-electron chi connectivity index (χ0n) is 13.2. The molecular formula is C17H23N3O3. The van der Waals surface area contributed by atoms with Gasteiger partial charge in [-0.15, -0.1) is 0 Å². The standard InChI is InChI=1S/C17H23N3O3/c21-16(11-15-4-2-10-23-15)20-8-5-14(6-9-20)19-17(22)13-3-1-7-18-12-13/h1,3,7,12,14-15H,2,4-6,8-11H2,(H,19,22). The van der Waals surface area contributed by atoms with E-state index in [2.05, 4.69) is 10.3 Å². The van der Waals surface area contributed by atoms with Crippen LogP contribution in [0.1, 0.15) is 42.5 Å². The van der Waals surface area contributed by atoms with Gasteiger partial charge in [0.05, 0.1) is 18.1 Å². The van der Waals surface area contributed by atoms with Crippen molar-refractivity contribution in [1.82, 2.24) is 15.2 Å². The van der Waals surface area contributed by atoms with Crippen LogP contribution in [-0.2, 0) is 9.53 Å². The second-order valence-corrected chi connectivity index (χ2v) is 6.21. The molecule has 0 radical (unpaired) electrons. The Labute approximate surface area is 136 Å². The molecule has 1 atom stereocenters. The first-order valence-electron chi connectivity index (χ1n) is 8.32. The molecule has 6 heteroatoms. The van der Waals surface area contributed by atoms with Gasteiger partial charge in [0.1, 0.15) is 0 Å². The number of hydrogen-bond acceptors (Lipinski definition) is 4. The summed E-state index contributed by atoms with van der Waals surface area (Å²) in [4.78, 5) is 30.2. The van der Waals surface area contributed by atoms with Gasteiger partial charge in [0.2, 0.25) is 5.91 Å². The van der Waals surface area contributed by atoms with Crippen molar-refractivity contribution < 1.29 is 14.3 Å². The van der Waals surface area contributed by atoms with Gasteiger partial charge in [-0.2, -0.15) is 0 Å². The Bertz CT molecular complexity index is 535. The summed E-state index contributed by atoms with van der Waals surface area (Å²) < 4.78 is 5.53. The Morgan fingerprint density at radius 1 is 1.30 bits per heavy atom. The molecule has 1 aromatic heterocycles. The smallest absolute Gasteiger partial charge is 0.253 e. The summed E-state index contributed by atoms with van der Waals surface area (Å²) >= 11 is 0. The molecule has 0 saturated carbocycles. The number of amides is 2. The van der Waals surface area contributed by atoms with E-state index in [1.807, 2.05) is 4.90 Å².